The van der Waals surface area contributed by atoms with Crippen LogP contribution < -0.4 is 12.4 Å². The molecule has 3 aliphatic heterocycles. The smallest absolute Gasteiger partial charge is 1.00 e. The van der Waals surface area contributed by atoms with Crippen molar-refractivity contribution < 1.29 is 77.4 Å². The Balaban J connectivity index is 0.000000641. The van der Waals surface area contributed by atoms with Gasteiger partial charge in [0, 0.05) is 25.7 Å². The van der Waals surface area contributed by atoms with E-state index in [4.69, 9.17) is 39.4 Å². The maximum absolute atomic E-state index is 11.3. The number of thioether (sulfide) groups is 1. The van der Waals surface area contributed by atoms with E-state index in [1.807, 2.05) is 24.8 Å². The first-order valence-electron chi connectivity index (χ1n) is 15.5. The number of rotatable bonds is 6. The highest BCUT2D eigenvalue weighted by molar-refractivity contribution is 7.98. The molecule has 46 heavy (non-hydrogen) atoms. The van der Waals surface area contributed by atoms with Crippen molar-refractivity contribution in [3.63, 3.8) is 0 Å². The van der Waals surface area contributed by atoms with Crippen LogP contribution in [0.4, 0.5) is 0 Å². The summed E-state index contributed by atoms with van der Waals surface area (Å²) in [5, 5.41) is 44.1. The fourth-order valence-corrected chi connectivity index (χ4v) is 5.54. The predicted molar refractivity (Wildman–Crippen MR) is 165 cm³/mol. The van der Waals surface area contributed by atoms with Crippen molar-refractivity contribution in [2.45, 2.75) is 139 Å². The van der Waals surface area contributed by atoms with Crippen molar-refractivity contribution in [3.05, 3.63) is 24.3 Å². The third-order valence-corrected chi connectivity index (χ3v) is 8.42. The minimum Gasteiger partial charge on any atom is -1.00 e. The highest BCUT2D eigenvalue weighted by Gasteiger charge is 2.58. The third-order valence-electron chi connectivity index (χ3n) is 7.84. The Kier molecular flexibility index (Phi) is 18.9. The summed E-state index contributed by atoms with van der Waals surface area (Å²) < 4.78 is 27.4. The van der Waals surface area contributed by atoms with Gasteiger partial charge in [0.15, 0.2) is 36.0 Å². The number of aliphatic hydroxyl groups is 3. The molecule has 0 aromatic carbocycles. The average Bonchev–Trinajstić information content (AvgIpc) is 3.64. The summed E-state index contributed by atoms with van der Waals surface area (Å²) in [4.78, 5) is 32.4. The Labute approximate surface area is 282 Å². The minimum atomic E-state index is -1.73. The summed E-state index contributed by atoms with van der Waals surface area (Å²) in [5.41, 5.74) is 0. The summed E-state index contributed by atoms with van der Waals surface area (Å²) in [5.74, 6) is -2.90. The summed E-state index contributed by atoms with van der Waals surface area (Å²) in [6.07, 6.45) is 11.3. The topological polar surface area (TPSA) is 199 Å². The summed E-state index contributed by atoms with van der Waals surface area (Å²) in [7, 11) is 0. The summed E-state index contributed by atoms with van der Waals surface area (Å²) >= 11 is 1.86. The number of hydrogen-bond acceptors (Lipinski definition) is 12. The second kappa shape index (κ2) is 20.6. The Morgan fingerprint density at radius 2 is 1.46 bits per heavy atom. The lowest BCUT2D eigenvalue weighted by Gasteiger charge is -2.32. The zero-order valence-corrected chi connectivity index (χ0v) is 28.5. The molecule has 3 heterocycles. The van der Waals surface area contributed by atoms with Crippen molar-refractivity contribution in [2.24, 2.45) is 0 Å². The Bertz CT molecular complexity index is 1000. The summed E-state index contributed by atoms with van der Waals surface area (Å²) in [6, 6.07) is 0. The van der Waals surface area contributed by atoms with E-state index >= 15 is 0 Å². The third kappa shape index (κ3) is 12.0. The lowest BCUT2D eigenvalue weighted by Crippen LogP contribution is -3.00. The number of carbonyl (C=O) groups is 3. The zero-order valence-electron chi connectivity index (χ0n) is 27.9. The highest BCUT2D eigenvalue weighted by atomic mass is 35.5. The average molecular weight is 699 g/mol. The van der Waals surface area contributed by atoms with Crippen LogP contribution in [0.2, 0.25) is 0 Å². The van der Waals surface area contributed by atoms with E-state index in [9.17, 15) is 19.5 Å². The van der Waals surface area contributed by atoms with Crippen molar-refractivity contribution >= 4 is 29.7 Å². The molecular formula is C31H51ClO13S. The molecule has 0 aromatic rings. The molecule has 1 unspecified atom stereocenters. The quantitative estimate of drug-likeness (QED) is 0.187. The number of aliphatic carboxylic acids is 2. The van der Waals surface area contributed by atoms with Gasteiger partial charge >= 0.3 is 19.3 Å². The maximum atomic E-state index is 11.3. The predicted octanol–water partition coefficient (Wildman–Crippen LogP) is 0.252. The molecule has 2 spiro atoms. The van der Waals surface area contributed by atoms with Crippen molar-refractivity contribution in [1.82, 2.24) is 0 Å². The van der Waals surface area contributed by atoms with E-state index < -0.39 is 72.4 Å². The van der Waals surface area contributed by atoms with Crippen LogP contribution in [-0.2, 0) is 38.1 Å². The van der Waals surface area contributed by atoms with Gasteiger partial charge in [-0.3, -0.25) is 0 Å². The molecular weight excluding hydrogens is 648 g/mol. The van der Waals surface area contributed by atoms with Crippen molar-refractivity contribution in [3.8, 4) is 0 Å². The number of cyclic esters (lactones) is 1. The fraction of sp³-hybridized carbons (Fsp3) is 0.774. The molecule has 0 bridgehead atoms. The number of hydrogen-bond donors (Lipinski definition) is 5. The molecule has 7 atom stereocenters. The lowest BCUT2D eigenvalue weighted by atomic mass is 9.94. The zero-order chi connectivity index (χ0) is 33.6. The highest BCUT2D eigenvalue weighted by Crippen LogP contribution is 2.44. The molecule has 0 radical (unpaired) electrons. The summed E-state index contributed by atoms with van der Waals surface area (Å²) in [6.45, 7) is 5.62. The van der Waals surface area contributed by atoms with Crippen LogP contribution >= 0.6 is 11.8 Å². The standard InChI is InChI=1S/C12H18O4.C10H14O5.C6H10O4.C3H8S.ClH/c1-2-6-9-10(11(13)14)16-12(15-9)7-4-3-5-8-12;11-8-6-7(9(12)13-8)15-10(14-6)4-2-1-3-5-10;1-2-3-4(7)5(8)6(9)10;1-3-4-2;/h2,6,9-10H,3-5,7-8H2,1H3,(H,13,14);6-8,11H,1-5H2;2-5,7-8H,1H3,(H,9,10);3H2,1-2H3;1H/t9-,10-;6-,7+,8?;4-,5-;;/m101../s1. The van der Waals surface area contributed by atoms with Crippen molar-refractivity contribution in [2.75, 3.05) is 12.0 Å². The molecule has 0 amide bonds. The Morgan fingerprint density at radius 1 is 0.935 bits per heavy atom. The van der Waals surface area contributed by atoms with Crippen LogP contribution in [0.3, 0.4) is 0 Å². The molecule has 5 fully saturated rings. The number of aliphatic hydroxyl groups excluding tert-OH is 3. The molecule has 2 aliphatic carbocycles. The van der Waals surface area contributed by atoms with Gasteiger partial charge in [0.25, 0.3) is 0 Å². The molecule has 5 aliphatic rings. The van der Waals surface area contributed by atoms with Gasteiger partial charge in [-0.1, -0.05) is 44.1 Å². The first kappa shape index (κ1) is 42.3. The minimum absolute atomic E-state index is 0. The number of carboxylic acid groups (broad SMARTS) is 2. The van der Waals surface area contributed by atoms with Gasteiger partial charge in [-0.25, -0.2) is 14.4 Å². The normalized spacial score (nSPS) is 30.1. The monoisotopic (exact) mass is 698 g/mol. The van der Waals surface area contributed by atoms with Gasteiger partial charge in [0.1, 0.15) is 12.2 Å². The first-order valence-corrected chi connectivity index (χ1v) is 16.9. The van der Waals surface area contributed by atoms with Gasteiger partial charge in [0.05, 0.1) is 0 Å². The van der Waals surface area contributed by atoms with Gasteiger partial charge in [0.2, 0.25) is 6.29 Å². The number of esters is 1. The number of ether oxygens (including phenoxy) is 5. The molecule has 3 saturated heterocycles. The number of allylic oxidation sites excluding steroid dienone is 2. The number of carbonyl (C=O) groups excluding carboxylic acids is 1. The molecule has 5 rings (SSSR count). The number of halogens is 1. The van der Waals surface area contributed by atoms with Gasteiger partial charge < -0.3 is 61.6 Å². The molecule has 13 nitrogen and oxygen atoms in total. The van der Waals surface area contributed by atoms with E-state index in [-0.39, 0.29) is 13.8 Å². The number of fused-ring (bicyclic) bond motifs is 1. The van der Waals surface area contributed by atoms with Crippen LogP contribution in [-0.4, -0.2) is 110 Å². The van der Waals surface area contributed by atoms with E-state index in [0.717, 1.165) is 51.4 Å². The second-order valence-electron chi connectivity index (χ2n) is 11.3. The van der Waals surface area contributed by atoms with Crippen molar-refractivity contribution in [1.29, 1.82) is 0 Å². The van der Waals surface area contributed by atoms with Crippen LogP contribution in [0.15, 0.2) is 24.3 Å². The van der Waals surface area contributed by atoms with E-state index in [0.29, 0.717) is 0 Å². The van der Waals surface area contributed by atoms with Gasteiger partial charge in [-0.15, -0.1) is 0 Å². The van der Waals surface area contributed by atoms with E-state index in [1.165, 1.54) is 30.7 Å². The van der Waals surface area contributed by atoms with E-state index in [2.05, 4.69) is 17.9 Å². The van der Waals surface area contributed by atoms with Crippen LogP contribution in [0.5, 0.6) is 0 Å². The van der Waals surface area contributed by atoms with Crippen LogP contribution in [0, 0.1) is 0 Å². The second-order valence-corrected chi connectivity index (χ2v) is 12.4. The molecule has 5 N–H and O–H groups in total. The Hall–Kier alpha value is -1.75. The lowest BCUT2D eigenvalue weighted by molar-refractivity contribution is -0.233. The van der Waals surface area contributed by atoms with Crippen LogP contribution in [0.1, 0.15) is 86.4 Å². The van der Waals surface area contributed by atoms with E-state index in [1.54, 1.807) is 13.0 Å². The SMILES string of the molecule is CC=C[C@@H](O)[C@@H](O)C(=O)O.CC=C[C@H]1OC2(CCCCC2)O[C@H]1C(=O)O.CCSC.O=C1OC(O)[C@H]2OC3(CCCCC3)O[C@@H]12.[Cl-].[H+]. The first-order chi connectivity index (χ1) is 21.4. The molecule has 2 saturated carbocycles. The largest absolute Gasteiger partial charge is 1.00 e. The Morgan fingerprint density at radius 3 is 1.87 bits per heavy atom. The fourth-order valence-electron chi connectivity index (χ4n) is 5.54. The van der Waals surface area contributed by atoms with Gasteiger partial charge in [-0.2, -0.15) is 11.8 Å². The molecule has 266 valence electrons. The number of carboxylic acids is 2. The van der Waals surface area contributed by atoms with Gasteiger partial charge in [-0.05, 0) is 51.5 Å². The maximum Gasteiger partial charge on any atom is 1.00 e. The van der Waals surface area contributed by atoms with Crippen LogP contribution in [0.25, 0.3) is 0 Å². The molecule has 0 aromatic heterocycles. The molecule has 15 heteroatoms.